The van der Waals surface area contributed by atoms with Crippen LogP contribution in [-0.4, -0.2) is 42.3 Å². The average Bonchev–Trinajstić information content (AvgIpc) is 3.38. The number of methoxy groups -OCH3 is 1. The van der Waals surface area contributed by atoms with Crippen LogP contribution in [0, 0.1) is 18.3 Å². The van der Waals surface area contributed by atoms with E-state index < -0.39 is 6.09 Å². The van der Waals surface area contributed by atoms with Crippen molar-refractivity contribution in [2.75, 3.05) is 30.5 Å². The van der Waals surface area contributed by atoms with Gasteiger partial charge in [-0.2, -0.15) is 5.26 Å². The van der Waals surface area contributed by atoms with Crippen LogP contribution in [0.3, 0.4) is 0 Å². The van der Waals surface area contributed by atoms with E-state index in [0.717, 1.165) is 11.2 Å². The number of amides is 1. The number of rotatable bonds is 10. The Hall–Kier alpha value is -5.04. The molecule has 0 fully saturated rings. The predicted molar refractivity (Wildman–Crippen MR) is 147 cm³/mol. The molecule has 1 aromatic heterocycles. The van der Waals surface area contributed by atoms with E-state index in [1.54, 1.807) is 56.5 Å². The molecule has 0 aliphatic heterocycles. The number of carbonyl (C=O) groups is 2. The number of nitrogens with one attached hydrogen (secondary N) is 2. The zero-order valence-electron chi connectivity index (χ0n) is 22.0. The maximum atomic E-state index is 13.2. The minimum absolute atomic E-state index is 0.0373. The molecular formula is C29H29N5O5. The Morgan fingerprint density at radius 2 is 1.90 bits per heavy atom. The number of hydrogen-bond donors (Lipinski definition) is 2. The fraction of sp³-hybridized carbons (Fsp3) is 0.241. The van der Waals surface area contributed by atoms with Gasteiger partial charge in [0.1, 0.15) is 17.3 Å². The van der Waals surface area contributed by atoms with Crippen LogP contribution in [0.2, 0.25) is 0 Å². The summed E-state index contributed by atoms with van der Waals surface area (Å²) in [6.45, 7) is 4.33. The number of nitriles is 1. The lowest BCUT2D eigenvalue weighted by Gasteiger charge is -2.22. The monoisotopic (exact) mass is 527 g/mol. The molecule has 0 aliphatic rings. The van der Waals surface area contributed by atoms with E-state index >= 15 is 0 Å². The predicted octanol–water partition coefficient (Wildman–Crippen LogP) is 5.32. The van der Waals surface area contributed by atoms with E-state index in [-0.39, 0.29) is 25.5 Å². The van der Waals surface area contributed by atoms with Crippen LogP contribution in [0.1, 0.15) is 30.3 Å². The van der Waals surface area contributed by atoms with Gasteiger partial charge in [0.2, 0.25) is 0 Å². The van der Waals surface area contributed by atoms with Crippen molar-refractivity contribution in [2.45, 2.75) is 26.8 Å². The summed E-state index contributed by atoms with van der Waals surface area (Å²) in [6, 6.07) is 19.8. The van der Waals surface area contributed by atoms with Crippen LogP contribution in [0.5, 0.6) is 11.5 Å². The molecule has 4 rings (SSSR count). The van der Waals surface area contributed by atoms with Gasteiger partial charge >= 0.3 is 12.1 Å². The second-order valence-corrected chi connectivity index (χ2v) is 8.56. The largest absolute Gasteiger partial charge is 0.495 e. The average molecular weight is 528 g/mol. The van der Waals surface area contributed by atoms with E-state index in [1.165, 1.54) is 4.90 Å². The maximum Gasteiger partial charge on any atom is 0.419 e. The highest BCUT2D eigenvalue weighted by molar-refractivity contribution is 5.91. The number of ether oxygens (including phenoxy) is 3. The number of aryl methyl sites for hydroxylation is 1. The molecule has 0 atom stereocenters. The number of esters is 1. The number of benzene rings is 3. The first-order valence-electron chi connectivity index (χ1n) is 12.4. The van der Waals surface area contributed by atoms with Crippen LogP contribution in [0.4, 0.5) is 16.2 Å². The van der Waals surface area contributed by atoms with E-state index in [1.807, 2.05) is 25.1 Å². The van der Waals surface area contributed by atoms with Crippen molar-refractivity contribution in [3.63, 3.8) is 0 Å². The van der Waals surface area contributed by atoms with Crippen LogP contribution >= 0.6 is 0 Å². The molecule has 4 aromatic rings. The summed E-state index contributed by atoms with van der Waals surface area (Å²) in [4.78, 5) is 34.5. The van der Waals surface area contributed by atoms with Gasteiger partial charge in [0.15, 0.2) is 0 Å². The number of anilines is 2. The number of nitrogens with zero attached hydrogens (tertiary/aromatic N) is 3. The molecule has 1 amide bonds. The van der Waals surface area contributed by atoms with Crippen molar-refractivity contribution in [2.24, 2.45) is 0 Å². The number of para-hydroxylation sites is 1. The molecule has 0 bridgehead atoms. The zero-order chi connectivity index (χ0) is 27.8. The normalized spacial score (nSPS) is 10.5. The summed E-state index contributed by atoms with van der Waals surface area (Å²) in [5.74, 6) is 1.20. The standard InChI is InChI=1S/C29H29N5O5/c1-4-38-27(35)14-15-34(21-8-6-5-7-9-21)29(36)39-24-13-12-23-28(19(24)2)33-26(32-23)18-31-22-11-10-20(17-30)16-25(22)37-3/h5-13,16,31H,4,14-15,18H2,1-3H3,(H,32,33). The molecule has 39 heavy (non-hydrogen) atoms. The van der Waals surface area contributed by atoms with Gasteiger partial charge in [-0.05, 0) is 50.2 Å². The second kappa shape index (κ2) is 12.5. The smallest absolute Gasteiger partial charge is 0.419 e. The maximum absolute atomic E-state index is 13.2. The molecule has 2 N–H and O–H groups in total. The van der Waals surface area contributed by atoms with Crippen LogP contribution in [0.25, 0.3) is 11.0 Å². The summed E-state index contributed by atoms with van der Waals surface area (Å²) in [6.07, 6.45) is -0.575. The fourth-order valence-electron chi connectivity index (χ4n) is 4.04. The van der Waals surface area contributed by atoms with Gasteiger partial charge in [0.25, 0.3) is 0 Å². The lowest BCUT2D eigenvalue weighted by Crippen LogP contribution is -2.35. The van der Waals surface area contributed by atoms with E-state index in [4.69, 9.17) is 24.5 Å². The molecular weight excluding hydrogens is 498 g/mol. The molecule has 0 spiro atoms. The Bertz CT molecular complexity index is 1510. The first-order valence-corrected chi connectivity index (χ1v) is 12.4. The molecule has 200 valence electrons. The topological polar surface area (TPSA) is 130 Å². The van der Waals surface area contributed by atoms with E-state index in [9.17, 15) is 9.59 Å². The van der Waals surface area contributed by atoms with Crippen molar-refractivity contribution in [1.29, 1.82) is 5.26 Å². The van der Waals surface area contributed by atoms with E-state index in [0.29, 0.717) is 46.2 Å². The third-order valence-corrected chi connectivity index (χ3v) is 6.01. The molecule has 0 saturated heterocycles. The molecule has 0 unspecified atom stereocenters. The number of imidazole rings is 1. The van der Waals surface area contributed by atoms with Crippen molar-refractivity contribution in [3.05, 3.63) is 77.6 Å². The Labute approximate surface area is 226 Å². The van der Waals surface area contributed by atoms with E-state index in [2.05, 4.69) is 16.4 Å². The number of aromatic nitrogens is 2. The van der Waals surface area contributed by atoms with Crippen molar-refractivity contribution in [1.82, 2.24) is 9.97 Å². The van der Waals surface area contributed by atoms with Crippen LogP contribution in [0.15, 0.2) is 60.7 Å². The summed E-state index contributed by atoms with van der Waals surface area (Å²) < 4.78 is 16.2. The van der Waals surface area contributed by atoms with Gasteiger partial charge in [0, 0.05) is 23.9 Å². The third kappa shape index (κ3) is 6.45. The molecule has 0 radical (unpaired) electrons. The summed E-state index contributed by atoms with van der Waals surface area (Å²) in [5.41, 5.74) is 3.99. The molecule has 0 aliphatic carbocycles. The number of carbonyl (C=O) groups excluding carboxylic acids is 2. The van der Waals surface area contributed by atoms with Crippen LogP contribution in [-0.2, 0) is 16.1 Å². The van der Waals surface area contributed by atoms with Gasteiger partial charge in [-0.1, -0.05) is 18.2 Å². The molecule has 1 heterocycles. The fourth-order valence-corrected chi connectivity index (χ4v) is 4.04. The van der Waals surface area contributed by atoms with Gasteiger partial charge in [-0.3, -0.25) is 9.69 Å². The Morgan fingerprint density at radius 3 is 2.62 bits per heavy atom. The second-order valence-electron chi connectivity index (χ2n) is 8.56. The first kappa shape index (κ1) is 27.0. The number of fused-ring (bicyclic) bond motifs is 1. The molecule has 10 heteroatoms. The number of hydrogen-bond acceptors (Lipinski definition) is 8. The Kier molecular flexibility index (Phi) is 8.64. The highest BCUT2D eigenvalue weighted by Crippen LogP contribution is 2.29. The molecule has 0 saturated carbocycles. The SMILES string of the molecule is CCOC(=O)CCN(C(=O)Oc1ccc2[nH]c(CNc3ccc(C#N)cc3OC)nc2c1C)c1ccccc1. The number of aromatic amines is 1. The van der Waals surface area contributed by atoms with Gasteiger partial charge < -0.3 is 24.5 Å². The molecule has 3 aromatic carbocycles. The quantitative estimate of drug-likeness (QED) is 0.265. The highest BCUT2D eigenvalue weighted by atomic mass is 16.6. The summed E-state index contributed by atoms with van der Waals surface area (Å²) in [7, 11) is 1.55. The van der Waals surface area contributed by atoms with Crippen molar-refractivity contribution >= 4 is 34.5 Å². The van der Waals surface area contributed by atoms with Gasteiger partial charge in [0.05, 0.1) is 55.0 Å². The van der Waals surface area contributed by atoms with Crippen LogP contribution < -0.4 is 19.7 Å². The summed E-state index contributed by atoms with van der Waals surface area (Å²) >= 11 is 0. The van der Waals surface area contributed by atoms with Gasteiger partial charge in [-0.15, -0.1) is 0 Å². The minimum Gasteiger partial charge on any atom is -0.495 e. The first-order chi connectivity index (χ1) is 18.9. The number of H-pyrrole nitrogens is 1. The lowest BCUT2D eigenvalue weighted by atomic mass is 10.2. The van der Waals surface area contributed by atoms with Crippen molar-refractivity contribution in [3.8, 4) is 17.6 Å². The summed E-state index contributed by atoms with van der Waals surface area (Å²) in [5, 5.41) is 12.4. The lowest BCUT2D eigenvalue weighted by molar-refractivity contribution is -0.142. The Morgan fingerprint density at radius 1 is 1.10 bits per heavy atom. The highest BCUT2D eigenvalue weighted by Gasteiger charge is 2.21. The third-order valence-electron chi connectivity index (χ3n) is 6.01. The zero-order valence-corrected chi connectivity index (χ0v) is 22.0. The van der Waals surface area contributed by atoms with Crippen molar-refractivity contribution < 1.29 is 23.8 Å². The minimum atomic E-state index is -0.613. The van der Waals surface area contributed by atoms with Gasteiger partial charge in [-0.25, -0.2) is 9.78 Å². The Balaban J connectivity index is 1.51. The molecule has 10 nitrogen and oxygen atoms in total.